The van der Waals surface area contributed by atoms with Gasteiger partial charge in [-0.3, -0.25) is 19.8 Å². The smallest absolute Gasteiger partial charge is 0.413 e. The van der Waals surface area contributed by atoms with Crippen LogP contribution < -0.4 is 10.6 Å². The third-order valence-electron chi connectivity index (χ3n) is 3.85. The first-order valence-electron chi connectivity index (χ1n) is 7.23. The summed E-state index contributed by atoms with van der Waals surface area (Å²) in [6.45, 7) is 3.76. The third kappa shape index (κ3) is 4.15. The number of hydrogen-bond acceptors (Lipinski definition) is 6. The Morgan fingerprint density at radius 3 is 2.62 bits per heavy atom. The van der Waals surface area contributed by atoms with Crippen molar-refractivity contribution in [2.24, 2.45) is 0 Å². The highest BCUT2D eigenvalue weighted by molar-refractivity contribution is 5.93. The van der Waals surface area contributed by atoms with Gasteiger partial charge in [-0.1, -0.05) is 0 Å². The molecule has 2 aliphatic rings. The number of carbonyl (C=O) groups excluding carboxylic acids is 3. The van der Waals surface area contributed by atoms with Crippen LogP contribution in [0.1, 0.15) is 12.8 Å². The topological polar surface area (TPSA) is 91.0 Å². The van der Waals surface area contributed by atoms with E-state index < -0.39 is 12.0 Å². The zero-order chi connectivity index (χ0) is 15.2. The van der Waals surface area contributed by atoms with Crippen LogP contribution in [0.4, 0.5) is 4.79 Å². The van der Waals surface area contributed by atoms with Crippen molar-refractivity contribution in [3.05, 3.63) is 0 Å². The lowest BCUT2D eigenvalue weighted by Gasteiger charge is -2.32. The van der Waals surface area contributed by atoms with Crippen molar-refractivity contribution in [3.8, 4) is 0 Å². The number of rotatable bonds is 3. The maximum absolute atomic E-state index is 12.5. The highest BCUT2D eigenvalue weighted by Crippen LogP contribution is 2.19. The number of piperazine rings is 1. The first kappa shape index (κ1) is 15.7. The minimum Gasteiger partial charge on any atom is -0.453 e. The molecule has 1 atom stereocenters. The lowest BCUT2D eigenvalue weighted by atomic mass is 10.1. The number of nitrogens with one attached hydrogen (secondary N) is 2. The van der Waals surface area contributed by atoms with E-state index in [1.54, 1.807) is 0 Å². The number of likely N-dealkylation sites (tertiary alicyclic amines) is 1. The molecule has 0 saturated carbocycles. The molecule has 0 aromatic carbocycles. The van der Waals surface area contributed by atoms with Crippen molar-refractivity contribution >= 4 is 17.9 Å². The highest BCUT2D eigenvalue weighted by Gasteiger charge is 2.35. The van der Waals surface area contributed by atoms with Crippen LogP contribution in [0, 0.1) is 0 Å². The summed E-state index contributed by atoms with van der Waals surface area (Å²) in [7, 11) is 1.20. The summed E-state index contributed by atoms with van der Waals surface area (Å²) in [5, 5.41) is 5.33. The molecular weight excluding hydrogens is 276 g/mol. The van der Waals surface area contributed by atoms with E-state index in [0.29, 0.717) is 19.6 Å². The molecule has 8 heteroatoms. The Kier molecular flexibility index (Phi) is 5.51. The monoisotopic (exact) mass is 298 g/mol. The van der Waals surface area contributed by atoms with Crippen LogP contribution in [-0.2, 0) is 14.3 Å². The fraction of sp³-hybridized carbons (Fsp3) is 0.769. The van der Waals surface area contributed by atoms with Crippen LogP contribution in [0.2, 0.25) is 0 Å². The van der Waals surface area contributed by atoms with Gasteiger partial charge in [-0.05, 0) is 19.4 Å². The molecule has 3 amide bonds. The summed E-state index contributed by atoms with van der Waals surface area (Å²) >= 11 is 0. The number of nitrogens with zero attached hydrogens (tertiary/aromatic N) is 2. The van der Waals surface area contributed by atoms with E-state index >= 15 is 0 Å². The van der Waals surface area contributed by atoms with Crippen molar-refractivity contribution in [1.29, 1.82) is 0 Å². The molecule has 21 heavy (non-hydrogen) atoms. The lowest BCUT2D eigenvalue weighted by molar-refractivity contribution is -0.137. The minimum atomic E-state index is -0.774. The van der Waals surface area contributed by atoms with Gasteiger partial charge in [0.15, 0.2) is 0 Å². The van der Waals surface area contributed by atoms with Gasteiger partial charge in [0.05, 0.1) is 19.7 Å². The van der Waals surface area contributed by atoms with Gasteiger partial charge in [0.2, 0.25) is 11.8 Å². The number of hydrogen-bond donors (Lipinski definition) is 2. The maximum Gasteiger partial charge on any atom is 0.413 e. The van der Waals surface area contributed by atoms with Crippen LogP contribution in [0.3, 0.4) is 0 Å². The van der Waals surface area contributed by atoms with Crippen molar-refractivity contribution in [2.45, 2.75) is 18.9 Å². The molecule has 0 aromatic heterocycles. The zero-order valence-electron chi connectivity index (χ0n) is 12.3. The molecule has 2 N–H and O–H groups in total. The second-order valence-electron chi connectivity index (χ2n) is 5.24. The molecule has 2 fully saturated rings. The van der Waals surface area contributed by atoms with Crippen LogP contribution in [0.25, 0.3) is 0 Å². The van der Waals surface area contributed by atoms with Crippen molar-refractivity contribution in [3.63, 3.8) is 0 Å². The van der Waals surface area contributed by atoms with Gasteiger partial charge in [0.25, 0.3) is 0 Å². The molecule has 2 aliphatic heterocycles. The van der Waals surface area contributed by atoms with Crippen LogP contribution >= 0.6 is 0 Å². The van der Waals surface area contributed by atoms with E-state index in [-0.39, 0.29) is 18.5 Å². The predicted molar refractivity (Wildman–Crippen MR) is 74.6 cm³/mol. The molecule has 8 nitrogen and oxygen atoms in total. The molecule has 0 aromatic rings. The van der Waals surface area contributed by atoms with Gasteiger partial charge in [0, 0.05) is 26.2 Å². The van der Waals surface area contributed by atoms with Gasteiger partial charge >= 0.3 is 6.09 Å². The summed E-state index contributed by atoms with van der Waals surface area (Å²) in [5.74, 6) is -0.360. The summed E-state index contributed by atoms with van der Waals surface area (Å²) in [6, 6.07) is -0.258. The molecule has 2 heterocycles. The Morgan fingerprint density at radius 2 is 1.95 bits per heavy atom. The summed E-state index contributed by atoms with van der Waals surface area (Å²) in [4.78, 5) is 38.9. The molecule has 118 valence electrons. The van der Waals surface area contributed by atoms with Crippen molar-refractivity contribution in [2.75, 3.05) is 46.4 Å². The van der Waals surface area contributed by atoms with E-state index in [0.717, 1.165) is 25.9 Å². The van der Waals surface area contributed by atoms with Gasteiger partial charge in [-0.15, -0.1) is 0 Å². The van der Waals surface area contributed by atoms with Crippen LogP contribution in [-0.4, -0.2) is 80.1 Å². The number of ether oxygens (including phenoxy) is 1. The van der Waals surface area contributed by atoms with Gasteiger partial charge in [-0.2, -0.15) is 0 Å². The Hall–Kier alpha value is -1.67. The predicted octanol–water partition coefficient (Wildman–Crippen LogP) is -1.23. The lowest BCUT2D eigenvalue weighted by Crippen LogP contribution is -2.53. The number of carbonyl (C=O) groups is 3. The van der Waals surface area contributed by atoms with E-state index in [1.807, 2.05) is 9.80 Å². The first-order valence-corrected chi connectivity index (χ1v) is 7.23. The zero-order valence-corrected chi connectivity index (χ0v) is 12.3. The normalized spacial score (nSPS) is 22.9. The van der Waals surface area contributed by atoms with E-state index in [2.05, 4.69) is 15.4 Å². The molecule has 0 radical (unpaired) electrons. The Balaban J connectivity index is 1.88. The molecule has 2 saturated heterocycles. The van der Waals surface area contributed by atoms with Gasteiger partial charge in [0.1, 0.15) is 0 Å². The highest BCUT2D eigenvalue weighted by atomic mass is 16.5. The molecule has 0 bridgehead atoms. The van der Waals surface area contributed by atoms with E-state index in [4.69, 9.17) is 0 Å². The van der Waals surface area contributed by atoms with Crippen LogP contribution in [0.5, 0.6) is 0 Å². The quantitative estimate of drug-likeness (QED) is 0.678. The Bertz CT molecular complexity index is 409. The average molecular weight is 298 g/mol. The first-order chi connectivity index (χ1) is 10.1. The summed E-state index contributed by atoms with van der Waals surface area (Å²) in [5.41, 5.74) is 0. The molecule has 1 unspecified atom stereocenters. The molecule has 2 rings (SSSR count). The number of methoxy groups -OCH3 is 1. The molecule has 0 spiro atoms. The average Bonchev–Trinajstić information content (AvgIpc) is 2.95. The standard InChI is InChI=1S/C13H22N4O4/c1-21-13(20)15-11(18)9-17-6-2-3-10(17)12(19)16-7-4-14-5-8-16/h10,14H,2-9H2,1H3,(H,15,18,20). The molecular formula is C13H22N4O4. The fourth-order valence-electron chi connectivity index (χ4n) is 2.78. The summed E-state index contributed by atoms with van der Waals surface area (Å²) < 4.78 is 4.38. The SMILES string of the molecule is COC(=O)NC(=O)CN1CCCC1C(=O)N1CCNCC1. The minimum absolute atomic E-state index is 0.0393. The van der Waals surface area contributed by atoms with Crippen LogP contribution in [0.15, 0.2) is 0 Å². The molecule has 0 aliphatic carbocycles. The Labute approximate surface area is 123 Å². The van der Waals surface area contributed by atoms with Gasteiger partial charge < -0.3 is 15.0 Å². The second kappa shape index (κ2) is 7.37. The van der Waals surface area contributed by atoms with Gasteiger partial charge in [-0.25, -0.2) is 4.79 Å². The third-order valence-corrected chi connectivity index (χ3v) is 3.85. The van der Waals surface area contributed by atoms with E-state index in [9.17, 15) is 14.4 Å². The Morgan fingerprint density at radius 1 is 1.24 bits per heavy atom. The van der Waals surface area contributed by atoms with Crippen molar-refractivity contribution < 1.29 is 19.1 Å². The van der Waals surface area contributed by atoms with E-state index in [1.165, 1.54) is 7.11 Å². The summed E-state index contributed by atoms with van der Waals surface area (Å²) in [6.07, 6.45) is 0.867. The number of alkyl carbamates (subject to hydrolysis) is 1. The number of amides is 3. The second-order valence-corrected chi connectivity index (χ2v) is 5.24. The fourth-order valence-corrected chi connectivity index (χ4v) is 2.78. The van der Waals surface area contributed by atoms with Crippen molar-refractivity contribution in [1.82, 2.24) is 20.4 Å². The largest absolute Gasteiger partial charge is 0.453 e. The number of imide groups is 1. The maximum atomic E-state index is 12.5.